The van der Waals surface area contributed by atoms with Crippen LogP contribution in [0.5, 0.6) is 0 Å². The molecule has 0 atom stereocenters. The van der Waals surface area contributed by atoms with Crippen LogP contribution < -0.4 is 0 Å². The van der Waals surface area contributed by atoms with Gasteiger partial charge < -0.3 is 9.52 Å². The minimum atomic E-state index is -0.793. The van der Waals surface area contributed by atoms with Gasteiger partial charge in [0.15, 0.2) is 0 Å². The Morgan fingerprint density at radius 1 is 1.73 bits per heavy atom. The third kappa shape index (κ3) is 2.45. The van der Waals surface area contributed by atoms with E-state index in [1.165, 1.54) is 0 Å². The third-order valence-electron chi connectivity index (χ3n) is 1.37. The van der Waals surface area contributed by atoms with E-state index in [1.807, 2.05) is 13.0 Å². The number of furan rings is 1. The Hall–Kier alpha value is -1.25. The molecule has 0 aliphatic heterocycles. The van der Waals surface area contributed by atoms with E-state index in [-0.39, 0.29) is 6.42 Å². The molecule has 0 amide bonds. The second kappa shape index (κ2) is 3.23. The van der Waals surface area contributed by atoms with Crippen molar-refractivity contribution in [2.45, 2.75) is 19.8 Å². The molecule has 0 saturated carbocycles. The highest BCUT2D eigenvalue weighted by molar-refractivity contribution is 5.66. The molecule has 60 valence electrons. The van der Waals surface area contributed by atoms with Crippen LogP contribution in [-0.4, -0.2) is 11.1 Å². The van der Waals surface area contributed by atoms with Crippen molar-refractivity contribution in [3.63, 3.8) is 0 Å². The summed E-state index contributed by atoms with van der Waals surface area (Å²) in [6.07, 6.45) is 2.23. The fraction of sp³-hybridized carbons (Fsp3) is 0.375. The second-order valence-corrected chi connectivity index (χ2v) is 2.48. The lowest BCUT2D eigenvalue weighted by molar-refractivity contribution is -0.137. The van der Waals surface area contributed by atoms with Crippen molar-refractivity contribution < 1.29 is 14.3 Å². The predicted molar refractivity (Wildman–Crippen MR) is 39.4 cm³/mol. The third-order valence-corrected chi connectivity index (χ3v) is 1.37. The van der Waals surface area contributed by atoms with Gasteiger partial charge in [0.2, 0.25) is 0 Å². The molecule has 0 aromatic carbocycles. The first kappa shape index (κ1) is 7.85. The Morgan fingerprint density at radius 3 is 2.91 bits per heavy atom. The highest BCUT2D eigenvalue weighted by Crippen LogP contribution is 2.08. The van der Waals surface area contributed by atoms with Crippen LogP contribution in [0.2, 0.25) is 0 Å². The first-order chi connectivity index (χ1) is 5.18. The summed E-state index contributed by atoms with van der Waals surface area (Å²) in [5.74, 6) is -0.0519. The van der Waals surface area contributed by atoms with E-state index in [0.29, 0.717) is 6.42 Å². The molecular formula is C8H10O3. The first-order valence-corrected chi connectivity index (χ1v) is 3.44. The second-order valence-electron chi connectivity index (χ2n) is 2.48. The van der Waals surface area contributed by atoms with Crippen molar-refractivity contribution in [2.24, 2.45) is 0 Å². The number of aliphatic carboxylic acids is 1. The molecule has 0 radical (unpaired) electrons. The van der Waals surface area contributed by atoms with Crippen LogP contribution in [0.15, 0.2) is 16.7 Å². The molecule has 0 fully saturated rings. The number of aryl methyl sites for hydroxylation is 2. The molecule has 0 aliphatic carbocycles. The highest BCUT2D eigenvalue weighted by Gasteiger charge is 2.01. The van der Waals surface area contributed by atoms with Crippen molar-refractivity contribution in [3.05, 3.63) is 23.7 Å². The average Bonchev–Trinajstić information content (AvgIpc) is 2.31. The van der Waals surface area contributed by atoms with Crippen LogP contribution in [0.25, 0.3) is 0 Å². The molecule has 3 nitrogen and oxygen atoms in total. The van der Waals surface area contributed by atoms with E-state index in [2.05, 4.69) is 0 Å². The number of carboxylic acids is 1. The molecule has 1 aromatic heterocycles. The summed E-state index contributed by atoms with van der Waals surface area (Å²) >= 11 is 0. The lowest BCUT2D eigenvalue weighted by atomic mass is 10.2. The predicted octanol–water partition coefficient (Wildman–Crippen LogP) is 1.61. The number of carboxylic acid groups (broad SMARTS) is 1. The topological polar surface area (TPSA) is 50.4 Å². The van der Waals surface area contributed by atoms with E-state index < -0.39 is 5.97 Å². The summed E-state index contributed by atoms with van der Waals surface area (Å²) in [4.78, 5) is 10.1. The molecule has 11 heavy (non-hydrogen) atoms. The van der Waals surface area contributed by atoms with Gasteiger partial charge in [0, 0.05) is 6.42 Å². The van der Waals surface area contributed by atoms with Gasteiger partial charge in [-0.2, -0.15) is 0 Å². The largest absolute Gasteiger partial charge is 0.481 e. The van der Waals surface area contributed by atoms with Gasteiger partial charge in [-0.3, -0.25) is 4.79 Å². The molecule has 0 saturated heterocycles. The zero-order valence-electron chi connectivity index (χ0n) is 6.33. The summed E-state index contributed by atoms with van der Waals surface area (Å²) in [7, 11) is 0. The van der Waals surface area contributed by atoms with E-state index in [9.17, 15) is 4.79 Å². The van der Waals surface area contributed by atoms with Crippen molar-refractivity contribution in [3.8, 4) is 0 Å². The smallest absolute Gasteiger partial charge is 0.303 e. The summed E-state index contributed by atoms with van der Waals surface area (Å²) in [6.45, 7) is 1.91. The highest BCUT2D eigenvalue weighted by atomic mass is 16.4. The van der Waals surface area contributed by atoms with Crippen LogP contribution in [0.3, 0.4) is 0 Å². The Bertz CT molecular complexity index is 250. The van der Waals surface area contributed by atoms with Crippen LogP contribution in [-0.2, 0) is 11.2 Å². The first-order valence-electron chi connectivity index (χ1n) is 3.44. The zero-order chi connectivity index (χ0) is 8.27. The molecule has 0 unspecified atom stereocenters. The standard InChI is InChI=1S/C8H10O3/c1-6-4-7(11-5-6)2-3-8(9)10/h4-5H,2-3H2,1H3,(H,9,10). The molecule has 1 N–H and O–H groups in total. The number of hydrogen-bond acceptors (Lipinski definition) is 2. The van der Waals surface area contributed by atoms with Crippen LogP contribution in [0, 0.1) is 6.92 Å². The molecule has 1 rings (SSSR count). The van der Waals surface area contributed by atoms with Gasteiger partial charge in [-0.15, -0.1) is 0 Å². The fourth-order valence-electron chi connectivity index (χ4n) is 0.852. The molecule has 0 bridgehead atoms. The SMILES string of the molecule is Cc1coc(CCC(=O)O)c1. The maximum atomic E-state index is 10.1. The Labute approximate surface area is 64.6 Å². The molecule has 1 heterocycles. The maximum Gasteiger partial charge on any atom is 0.303 e. The minimum Gasteiger partial charge on any atom is -0.481 e. The van der Waals surface area contributed by atoms with Crippen molar-refractivity contribution in [2.75, 3.05) is 0 Å². The molecule has 0 spiro atoms. The lowest BCUT2D eigenvalue weighted by Crippen LogP contribution is -1.95. The maximum absolute atomic E-state index is 10.1. The average molecular weight is 154 g/mol. The number of carbonyl (C=O) groups is 1. The molecule has 3 heteroatoms. The fourth-order valence-corrected chi connectivity index (χ4v) is 0.852. The van der Waals surface area contributed by atoms with Gasteiger partial charge in [-0.1, -0.05) is 0 Å². The molecule has 1 aromatic rings. The van der Waals surface area contributed by atoms with E-state index >= 15 is 0 Å². The molecular weight excluding hydrogens is 144 g/mol. The summed E-state index contributed by atoms with van der Waals surface area (Å²) in [6, 6.07) is 1.85. The van der Waals surface area contributed by atoms with Crippen molar-refractivity contribution in [1.29, 1.82) is 0 Å². The van der Waals surface area contributed by atoms with Gasteiger partial charge in [0.1, 0.15) is 5.76 Å². The Kier molecular flexibility index (Phi) is 2.31. The van der Waals surface area contributed by atoms with Gasteiger partial charge in [-0.05, 0) is 18.6 Å². The monoisotopic (exact) mass is 154 g/mol. The zero-order valence-corrected chi connectivity index (χ0v) is 6.33. The van der Waals surface area contributed by atoms with Crippen molar-refractivity contribution >= 4 is 5.97 Å². The van der Waals surface area contributed by atoms with Gasteiger partial charge in [-0.25, -0.2) is 0 Å². The normalized spacial score (nSPS) is 9.91. The minimum absolute atomic E-state index is 0.132. The number of rotatable bonds is 3. The van der Waals surface area contributed by atoms with E-state index in [1.54, 1.807) is 6.26 Å². The lowest BCUT2D eigenvalue weighted by Gasteiger charge is -1.89. The van der Waals surface area contributed by atoms with E-state index in [4.69, 9.17) is 9.52 Å². The van der Waals surface area contributed by atoms with E-state index in [0.717, 1.165) is 11.3 Å². The summed E-state index contributed by atoms with van der Waals surface area (Å²) < 4.78 is 5.05. The van der Waals surface area contributed by atoms with Crippen LogP contribution in [0.1, 0.15) is 17.7 Å². The Morgan fingerprint density at radius 2 is 2.45 bits per heavy atom. The molecule has 0 aliphatic rings. The number of hydrogen-bond donors (Lipinski definition) is 1. The van der Waals surface area contributed by atoms with Gasteiger partial charge >= 0.3 is 5.97 Å². The quantitative estimate of drug-likeness (QED) is 0.719. The van der Waals surface area contributed by atoms with Gasteiger partial charge in [0.25, 0.3) is 0 Å². The van der Waals surface area contributed by atoms with Crippen molar-refractivity contribution in [1.82, 2.24) is 0 Å². The van der Waals surface area contributed by atoms with Crippen LogP contribution in [0.4, 0.5) is 0 Å². The van der Waals surface area contributed by atoms with Crippen LogP contribution >= 0.6 is 0 Å². The Balaban J connectivity index is 2.45. The summed E-state index contributed by atoms with van der Waals surface area (Å²) in [5.41, 5.74) is 1.03. The van der Waals surface area contributed by atoms with Gasteiger partial charge in [0.05, 0.1) is 12.7 Å². The summed E-state index contributed by atoms with van der Waals surface area (Å²) in [5, 5.41) is 8.34.